The average Bonchev–Trinajstić information content (AvgIpc) is 2.42. The summed E-state index contributed by atoms with van der Waals surface area (Å²) in [6.45, 7) is 8.15. The van der Waals surface area contributed by atoms with Crippen molar-refractivity contribution in [1.29, 1.82) is 5.26 Å². The third-order valence-corrected chi connectivity index (χ3v) is 2.71. The molecule has 0 aliphatic heterocycles. The molecule has 0 saturated carbocycles. The van der Waals surface area contributed by atoms with Gasteiger partial charge in [-0.3, -0.25) is 4.79 Å². The van der Waals surface area contributed by atoms with Crippen LogP contribution in [0.5, 0.6) is 5.75 Å². The molecule has 0 aliphatic rings. The molecule has 0 unspecified atom stereocenters. The highest BCUT2D eigenvalue weighted by atomic mass is 16.5. The zero-order valence-electron chi connectivity index (χ0n) is 12.6. The van der Waals surface area contributed by atoms with Crippen molar-refractivity contribution in [2.45, 2.75) is 34.1 Å². The fraction of sp³-hybridized carbons (Fsp3) is 0.412. The molecule has 106 valence electrons. The minimum atomic E-state index is -0.550. The van der Waals surface area contributed by atoms with Crippen LogP contribution in [0.4, 0.5) is 0 Å². The van der Waals surface area contributed by atoms with Gasteiger partial charge in [0.15, 0.2) is 5.78 Å². The fourth-order valence-electron chi connectivity index (χ4n) is 1.60. The standard InChI is InChI=1S/C17H21NO2/c1-5-10-20-15-8-6-13(7-9-15)11-14(12-18)16(19)17(2,3)4/h6-9,11H,5,10H2,1-4H3/b14-11+. The summed E-state index contributed by atoms with van der Waals surface area (Å²) in [4.78, 5) is 12.1. The topological polar surface area (TPSA) is 50.1 Å². The molecule has 0 saturated heterocycles. The van der Waals surface area contributed by atoms with Crippen LogP contribution in [0, 0.1) is 16.7 Å². The van der Waals surface area contributed by atoms with Crippen molar-refractivity contribution >= 4 is 11.9 Å². The third-order valence-electron chi connectivity index (χ3n) is 2.71. The largest absolute Gasteiger partial charge is 0.494 e. The number of nitriles is 1. The van der Waals surface area contributed by atoms with Gasteiger partial charge >= 0.3 is 0 Å². The second-order valence-electron chi connectivity index (χ2n) is 5.67. The summed E-state index contributed by atoms with van der Waals surface area (Å²) in [6.07, 6.45) is 2.58. The SMILES string of the molecule is CCCOc1ccc(/C=C(\C#N)C(=O)C(C)(C)C)cc1. The maximum absolute atomic E-state index is 12.1. The van der Waals surface area contributed by atoms with Crippen LogP contribution in [0.3, 0.4) is 0 Å². The molecule has 1 rings (SSSR count). The van der Waals surface area contributed by atoms with Gasteiger partial charge < -0.3 is 4.74 Å². The molecular weight excluding hydrogens is 250 g/mol. The molecule has 1 aromatic carbocycles. The van der Waals surface area contributed by atoms with E-state index in [2.05, 4.69) is 6.92 Å². The predicted molar refractivity (Wildman–Crippen MR) is 80.3 cm³/mol. The van der Waals surface area contributed by atoms with Crippen molar-refractivity contribution in [3.8, 4) is 11.8 Å². The Hall–Kier alpha value is -2.08. The molecule has 0 spiro atoms. The van der Waals surface area contributed by atoms with Crippen molar-refractivity contribution in [3.63, 3.8) is 0 Å². The predicted octanol–water partition coefficient (Wildman–Crippen LogP) is 4.00. The Morgan fingerprint density at radius 3 is 2.35 bits per heavy atom. The Labute approximate surface area is 120 Å². The number of ether oxygens (including phenoxy) is 1. The summed E-state index contributed by atoms with van der Waals surface area (Å²) in [7, 11) is 0. The lowest BCUT2D eigenvalue weighted by Gasteiger charge is -2.15. The molecule has 0 radical (unpaired) electrons. The zero-order valence-corrected chi connectivity index (χ0v) is 12.6. The van der Waals surface area contributed by atoms with Crippen LogP contribution >= 0.6 is 0 Å². The zero-order chi connectivity index (χ0) is 15.2. The summed E-state index contributed by atoms with van der Waals surface area (Å²) in [5.74, 6) is 0.649. The molecular formula is C17H21NO2. The van der Waals surface area contributed by atoms with Crippen molar-refractivity contribution in [1.82, 2.24) is 0 Å². The lowest BCUT2D eigenvalue weighted by Crippen LogP contribution is -2.21. The highest BCUT2D eigenvalue weighted by molar-refractivity contribution is 6.06. The van der Waals surface area contributed by atoms with Crippen molar-refractivity contribution in [2.24, 2.45) is 5.41 Å². The number of allylic oxidation sites excluding steroid dienone is 1. The number of ketones is 1. The smallest absolute Gasteiger partial charge is 0.178 e. The van der Waals surface area contributed by atoms with Crippen molar-refractivity contribution in [2.75, 3.05) is 6.61 Å². The normalized spacial score (nSPS) is 11.8. The van der Waals surface area contributed by atoms with Gasteiger partial charge in [-0.25, -0.2) is 0 Å². The third kappa shape index (κ3) is 4.55. The number of nitrogens with zero attached hydrogens (tertiary/aromatic N) is 1. The van der Waals surface area contributed by atoms with Gasteiger partial charge in [0.05, 0.1) is 12.2 Å². The van der Waals surface area contributed by atoms with Crippen LogP contribution in [0.2, 0.25) is 0 Å². The number of Topliss-reactive ketones (excluding diaryl/α,β-unsaturated/α-hetero) is 1. The first-order valence-electron chi connectivity index (χ1n) is 6.78. The van der Waals surface area contributed by atoms with Gasteiger partial charge in [-0.1, -0.05) is 39.8 Å². The van der Waals surface area contributed by atoms with Gasteiger partial charge in [-0.15, -0.1) is 0 Å². The highest BCUT2D eigenvalue weighted by Crippen LogP contribution is 2.22. The number of benzene rings is 1. The first kappa shape index (κ1) is 16.0. The van der Waals surface area contributed by atoms with Gasteiger partial charge in [0.2, 0.25) is 0 Å². The molecule has 0 aliphatic carbocycles. The van der Waals surface area contributed by atoms with Crippen molar-refractivity contribution in [3.05, 3.63) is 35.4 Å². The van der Waals surface area contributed by atoms with Gasteiger partial charge in [-0.2, -0.15) is 5.26 Å². The summed E-state index contributed by atoms with van der Waals surface area (Å²) < 4.78 is 5.49. The number of hydrogen-bond acceptors (Lipinski definition) is 3. The number of hydrogen-bond donors (Lipinski definition) is 0. The first-order valence-corrected chi connectivity index (χ1v) is 6.78. The van der Waals surface area contributed by atoms with E-state index in [1.165, 1.54) is 0 Å². The summed E-state index contributed by atoms with van der Waals surface area (Å²) >= 11 is 0. The fourth-order valence-corrected chi connectivity index (χ4v) is 1.60. The van der Waals surface area contributed by atoms with E-state index >= 15 is 0 Å². The number of carbonyl (C=O) groups is 1. The summed E-state index contributed by atoms with van der Waals surface area (Å²) in [5, 5.41) is 9.13. The summed E-state index contributed by atoms with van der Waals surface area (Å²) in [5.41, 5.74) is 0.453. The molecule has 0 fully saturated rings. The van der Waals surface area contributed by atoms with Gasteiger partial charge in [0.25, 0.3) is 0 Å². The van der Waals surface area contributed by atoms with Gasteiger partial charge in [-0.05, 0) is 30.2 Å². The summed E-state index contributed by atoms with van der Waals surface area (Å²) in [6, 6.07) is 9.37. The van der Waals surface area contributed by atoms with E-state index in [4.69, 9.17) is 10.00 Å². The maximum Gasteiger partial charge on any atom is 0.178 e. The quantitative estimate of drug-likeness (QED) is 0.601. The number of rotatable bonds is 5. The van der Waals surface area contributed by atoms with Crippen LogP contribution < -0.4 is 4.74 Å². The Balaban J connectivity index is 2.92. The molecule has 3 nitrogen and oxygen atoms in total. The lowest BCUT2D eigenvalue weighted by molar-refractivity contribution is -0.121. The second kappa shape index (κ2) is 6.91. The molecule has 3 heteroatoms. The van der Waals surface area contributed by atoms with E-state index in [0.29, 0.717) is 6.61 Å². The Kier molecular flexibility index (Phi) is 5.52. The van der Waals surface area contributed by atoms with E-state index < -0.39 is 5.41 Å². The Morgan fingerprint density at radius 1 is 1.30 bits per heavy atom. The van der Waals surface area contributed by atoms with E-state index in [-0.39, 0.29) is 11.4 Å². The first-order chi connectivity index (χ1) is 9.38. The van der Waals surface area contributed by atoms with Crippen LogP contribution in [-0.2, 0) is 4.79 Å². The molecule has 1 aromatic rings. The minimum Gasteiger partial charge on any atom is -0.494 e. The van der Waals surface area contributed by atoms with E-state index in [1.807, 2.05) is 51.1 Å². The maximum atomic E-state index is 12.1. The monoisotopic (exact) mass is 271 g/mol. The Morgan fingerprint density at radius 2 is 1.90 bits per heavy atom. The van der Waals surface area contributed by atoms with Crippen LogP contribution in [0.25, 0.3) is 6.08 Å². The van der Waals surface area contributed by atoms with E-state index in [0.717, 1.165) is 17.7 Å². The van der Waals surface area contributed by atoms with Crippen molar-refractivity contribution < 1.29 is 9.53 Å². The molecule has 0 heterocycles. The van der Waals surface area contributed by atoms with E-state index in [1.54, 1.807) is 6.08 Å². The Bertz CT molecular complexity index is 528. The molecule has 0 amide bonds. The van der Waals surface area contributed by atoms with Gasteiger partial charge in [0, 0.05) is 5.41 Å². The van der Waals surface area contributed by atoms with Crippen LogP contribution in [-0.4, -0.2) is 12.4 Å². The number of carbonyl (C=O) groups excluding carboxylic acids is 1. The molecule has 0 atom stereocenters. The van der Waals surface area contributed by atoms with E-state index in [9.17, 15) is 4.79 Å². The minimum absolute atomic E-state index is 0.147. The van der Waals surface area contributed by atoms with Crippen LogP contribution in [0.1, 0.15) is 39.7 Å². The molecule has 0 N–H and O–H groups in total. The molecule has 0 aromatic heterocycles. The molecule has 0 bridgehead atoms. The average molecular weight is 271 g/mol. The van der Waals surface area contributed by atoms with Crippen LogP contribution in [0.15, 0.2) is 29.8 Å². The molecule has 20 heavy (non-hydrogen) atoms. The second-order valence-corrected chi connectivity index (χ2v) is 5.67. The lowest BCUT2D eigenvalue weighted by atomic mass is 9.86. The highest BCUT2D eigenvalue weighted by Gasteiger charge is 2.24. The van der Waals surface area contributed by atoms with Gasteiger partial charge in [0.1, 0.15) is 11.8 Å².